The molecule has 142 valence electrons. The van der Waals surface area contributed by atoms with Gasteiger partial charge in [-0.2, -0.15) is 23.3 Å². The smallest absolute Gasteiger partial charge is 0.376 e. The van der Waals surface area contributed by atoms with Crippen LogP contribution in [0, 0.1) is 18.8 Å². The summed E-state index contributed by atoms with van der Waals surface area (Å²) in [5.74, 6) is 5.95. The van der Waals surface area contributed by atoms with Crippen molar-refractivity contribution in [2.45, 2.75) is 25.9 Å². The molecule has 7 nitrogen and oxygen atoms in total. The molecule has 2 aromatic rings. The van der Waals surface area contributed by atoms with Crippen LogP contribution in [0.5, 0.6) is 0 Å². The third-order valence-electron chi connectivity index (χ3n) is 4.10. The molecule has 0 amide bonds. The van der Waals surface area contributed by atoms with E-state index in [-0.39, 0.29) is 22.9 Å². The van der Waals surface area contributed by atoms with Crippen LogP contribution in [-0.4, -0.2) is 51.4 Å². The minimum absolute atomic E-state index is 0.0581. The molecule has 27 heavy (non-hydrogen) atoms. The van der Waals surface area contributed by atoms with E-state index in [1.807, 2.05) is 4.90 Å². The van der Waals surface area contributed by atoms with Gasteiger partial charge in [-0.25, -0.2) is 9.50 Å². The zero-order chi connectivity index (χ0) is 19.6. The number of halogens is 3. The fraction of sp³-hybridized carbons (Fsp3) is 0.412. The molecule has 10 heteroatoms. The van der Waals surface area contributed by atoms with Gasteiger partial charge in [0.25, 0.3) is 0 Å². The Hall–Kier alpha value is -3.09. The highest BCUT2D eigenvalue weighted by molar-refractivity contribution is 6.05. The van der Waals surface area contributed by atoms with Crippen LogP contribution in [0.3, 0.4) is 0 Å². The van der Waals surface area contributed by atoms with Gasteiger partial charge in [-0.3, -0.25) is 4.99 Å². The first-order chi connectivity index (χ1) is 12.8. The summed E-state index contributed by atoms with van der Waals surface area (Å²) >= 11 is 0. The van der Waals surface area contributed by atoms with Crippen molar-refractivity contribution in [3.63, 3.8) is 0 Å². The molecule has 0 saturated carbocycles. The maximum Gasteiger partial charge on any atom is 0.435 e. The van der Waals surface area contributed by atoms with E-state index in [4.69, 9.17) is 5.73 Å². The van der Waals surface area contributed by atoms with Crippen molar-refractivity contribution in [2.24, 2.45) is 15.7 Å². The Balaban J connectivity index is 1.87. The first kappa shape index (κ1) is 18.7. The molecule has 1 aliphatic rings. The lowest BCUT2D eigenvalue weighted by Crippen LogP contribution is -2.28. The quantitative estimate of drug-likeness (QED) is 0.431. The maximum atomic E-state index is 12.9. The van der Waals surface area contributed by atoms with Gasteiger partial charge in [-0.1, -0.05) is 0 Å². The van der Waals surface area contributed by atoms with E-state index in [2.05, 4.69) is 31.9 Å². The van der Waals surface area contributed by atoms with Gasteiger partial charge in [0.2, 0.25) is 5.96 Å². The molecule has 0 spiro atoms. The Labute approximate surface area is 153 Å². The topological polar surface area (TPSA) is 84.2 Å². The van der Waals surface area contributed by atoms with Crippen LogP contribution in [0.15, 0.2) is 22.1 Å². The second-order valence-corrected chi connectivity index (χ2v) is 6.00. The van der Waals surface area contributed by atoms with Gasteiger partial charge >= 0.3 is 6.18 Å². The van der Waals surface area contributed by atoms with Crippen molar-refractivity contribution in [3.05, 3.63) is 29.2 Å². The number of nitrogens with zero attached hydrogens (tertiary/aromatic N) is 6. The fourth-order valence-electron chi connectivity index (χ4n) is 2.82. The van der Waals surface area contributed by atoms with Gasteiger partial charge in [0.05, 0.1) is 5.69 Å². The van der Waals surface area contributed by atoms with E-state index in [1.165, 1.54) is 19.1 Å². The molecule has 1 saturated heterocycles. The number of hydrogen-bond donors (Lipinski definition) is 1. The number of amidine groups is 1. The zero-order valence-corrected chi connectivity index (χ0v) is 14.9. The first-order valence-electron chi connectivity index (χ1n) is 8.31. The third kappa shape index (κ3) is 4.02. The Morgan fingerprint density at radius 1 is 1.26 bits per heavy atom. The van der Waals surface area contributed by atoms with Crippen LogP contribution in [0.2, 0.25) is 0 Å². The van der Waals surface area contributed by atoms with Gasteiger partial charge in [-0.05, 0) is 43.7 Å². The Morgan fingerprint density at radius 3 is 2.59 bits per heavy atom. The second kappa shape index (κ2) is 7.26. The number of hydrogen-bond acceptors (Lipinski definition) is 3. The van der Waals surface area contributed by atoms with Crippen molar-refractivity contribution in [3.8, 4) is 11.8 Å². The number of fused-ring (bicyclic) bond motifs is 1. The number of imidazole rings is 1. The van der Waals surface area contributed by atoms with Crippen LogP contribution in [0.25, 0.3) is 5.65 Å². The number of alkyl halides is 3. The van der Waals surface area contributed by atoms with Crippen molar-refractivity contribution in [2.75, 3.05) is 20.1 Å². The summed E-state index contributed by atoms with van der Waals surface area (Å²) in [6, 6.07) is 2.91. The number of aryl methyl sites for hydroxylation is 1. The average molecular weight is 377 g/mol. The Bertz CT molecular complexity index is 970. The summed E-state index contributed by atoms with van der Waals surface area (Å²) in [6.07, 6.45) is -2.38. The van der Waals surface area contributed by atoms with Gasteiger partial charge in [0.1, 0.15) is 5.69 Å². The number of rotatable bonds is 0. The van der Waals surface area contributed by atoms with Gasteiger partial charge < -0.3 is 10.6 Å². The van der Waals surface area contributed by atoms with Crippen molar-refractivity contribution >= 4 is 17.4 Å². The number of guanidine groups is 1. The minimum Gasteiger partial charge on any atom is -0.376 e. The van der Waals surface area contributed by atoms with E-state index >= 15 is 0 Å². The second-order valence-electron chi connectivity index (χ2n) is 6.00. The van der Waals surface area contributed by atoms with E-state index in [9.17, 15) is 13.2 Å². The monoisotopic (exact) mass is 377 g/mol. The Morgan fingerprint density at radius 2 is 1.96 bits per heavy atom. The molecule has 1 fully saturated rings. The predicted octanol–water partition coefficient (Wildman–Crippen LogP) is 1.85. The van der Waals surface area contributed by atoms with Crippen molar-refractivity contribution in [1.29, 1.82) is 0 Å². The molecule has 0 aliphatic carbocycles. The molecule has 0 unspecified atom stereocenters. The molecular weight excluding hydrogens is 359 g/mol. The zero-order valence-electron chi connectivity index (χ0n) is 14.9. The summed E-state index contributed by atoms with van der Waals surface area (Å²) < 4.78 is 40.0. The van der Waals surface area contributed by atoms with Crippen LogP contribution < -0.4 is 5.73 Å². The summed E-state index contributed by atoms with van der Waals surface area (Å²) in [4.78, 5) is 13.9. The van der Waals surface area contributed by atoms with E-state index in [0.29, 0.717) is 5.96 Å². The molecule has 2 aromatic heterocycles. The predicted molar refractivity (Wildman–Crippen MR) is 95.4 cm³/mol. The molecule has 1 aliphatic heterocycles. The lowest BCUT2D eigenvalue weighted by Gasteiger charge is -2.15. The SMILES string of the molecule is CN=C(/N=C(\N)C#Cc1ccc2nc(C(F)(F)F)c(C)n2n1)N1CCCC1. The van der Waals surface area contributed by atoms with Crippen molar-refractivity contribution < 1.29 is 13.2 Å². The van der Waals surface area contributed by atoms with Crippen molar-refractivity contribution in [1.82, 2.24) is 19.5 Å². The van der Waals surface area contributed by atoms with E-state index in [0.717, 1.165) is 30.4 Å². The average Bonchev–Trinajstić information content (AvgIpc) is 3.26. The van der Waals surface area contributed by atoms with Crippen LogP contribution in [-0.2, 0) is 6.18 Å². The molecule has 0 radical (unpaired) electrons. The largest absolute Gasteiger partial charge is 0.435 e. The lowest BCUT2D eigenvalue weighted by molar-refractivity contribution is -0.141. The van der Waals surface area contributed by atoms with Gasteiger partial charge in [-0.15, -0.1) is 0 Å². The summed E-state index contributed by atoms with van der Waals surface area (Å²) in [5, 5.41) is 4.09. The highest BCUT2D eigenvalue weighted by Crippen LogP contribution is 2.31. The van der Waals surface area contributed by atoms with E-state index < -0.39 is 11.9 Å². The fourth-order valence-corrected chi connectivity index (χ4v) is 2.82. The van der Waals surface area contributed by atoms with Crippen LogP contribution in [0.1, 0.15) is 29.9 Å². The standard InChI is InChI=1S/C17H18F3N7/c1-11-15(17(18,19)20)24-14-8-6-12(25-27(11)14)5-7-13(21)23-16(22-2)26-9-3-4-10-26/h6,8H,3-4,9-10H2,1-2H3,(H2,21,22,23). The molecule has 3 heterocycles. The van der Waals surface area contributed by atoms with Crippen LogP contribution >= 0.6 is 0 Å². The van der Waals surface area contributed by atoms with Crippen LogP contribution in [0.4, 0.5) is 13.2 Å². The summed E-state index contributed by atoms with van der Waals surface area (Å²) in [5.41, 5.74) is 5.13. The van der Waals surface area contributed by atoms with Gasteiger partial charge in [0, 0.05) is 20.1 Å². The maximum absolute atomic E-state index is 12.9. The van der Waals surface area contributed by atoms with Gasteiger partial charge in [0.15, 0.2) is 17.2 Å². The third-order valence-corrected chi connectivity index (χ3v) is 4.10. The summed E-state index contributed by atoms with van der Waals surface area (Å²) in [6.45, 7) is 3.05. The molecule has 0 atom stereocenters. The number of aliphatic imine (C=N–C) groups is 2. The first-order valence-corrected chi connectivity index (χ1v) is 8.31. The highest BCUT2D eigenvalue weighted by Gasteiger charge is 2.36. The molecule has 3 rings (SSSR count). The molecule has 0 aromatic carbocycles. The highest BCUT2D eigenvalue weighted by atomic mass is 19.4. The Kier molecular flexibility index (Phi) is 5.03. The molecular formula is C17H18F3N7. The number of nitrogens with two attached hydrogens (primary N) is 1. The minimum atomic E-state index is -4.54. The normalized spacial score (nSPS) is 16.0. The summed E-state index contributed by atoms with van der Waals surface area (Å²) in [7, 11) is 1.63. The molecule has 0 bridgehead atoms. The number of likely N-dealkylation sites (tertiary alicyclic amines) is 1. The lowest BCUT2D eigenvalue weighted by atomic mass is 10.3. The molecule has 2 N–H and O–H groups in total. The number of aromatic nitrogens is 3. The van der Waals surface area contributed by atoms with E-state index in [1.54, 1.807) is 7.05 Å².